The van der Waals surface area contributed by atoms with E-state index in [9.17, 15) is 9.59 Å². The summed E-state index contributed by atoms with van der Waals surface area (Å²) in [4.78, 5) is 22.9. The third-order valence-corrected chi connectivity index (χ3v) is 3.67. The second-order valence-corrected chi connectivity index (χ2v) is 6.67. The molecule has 0 heterocycles. The van der Waals surface area contributed by atoms with Gasteiger partial charge >= 0.3 is 0 Å². The van der Waals surface area contributed by atoms with Crippen molar-refractivity contribution in [3.8, 4) is 0 Å². The van der Waals surface area contributed by atoms with Gasteiger partial charge < -0.3 is 5.32 Å². The molecule has 21 heavy (non-hydrogen) atoms. The molecule has 0 aliphatic heterocycles. The van der Waals surface area contributed by atoms with Crippen LogP contribution in [0.5, 0.6) is 0 Å². The molecule has 0 saturated carbocycles. The zero-order valence-corrected chi connectivity index (χ0v) is 14.5. The lowest BCUT2D eigenvalue weighted by Crippen LogP contribution is -2.29. The standard InChI is InChI=1S/C18H35NO2/c1-15(2)17(20)13-11-9-7-5-6-8-10-12-14-18(21)19-16(3)4/h15-16H,5-14H2,1-4H3,(H,19,21). The largest absolute Gasteiger partial charge is 0.354 e. The monoisotopic (exact) mass is 297 g/mol. The van der Waals surface area contributed by atoms with E-state index in [1.807, 2.05) is 27.7 Å². The molecule has 0 aliphatic rings. The van der Waals surface area contributed by atoms with Gasteiger partial charge in [-0.05, 0) is 26.7 Å². The number of hydrogen-bond acceptors (Lipinski definition) is 2. The lowest BCUT2D eigenvalue weighted by atomic mass is 10.0. The van der Waals surface area contributed by atoms with Gasteiger partial charge in [0.15, 0.2) is 0 Å². The van der Waals surface area contributed by atoms with Crippen LogP contribution in [0.15, 0.2) is 0 Å². The average Bonchev–Trinajstić information content (AvgIpc) is 2.39. The minimum Gasteiger partial charge on any atom is -0.354 e. The maximum absolute atomic E-state index is 11.4. The first-order valence-electron chi connectivity index (χ1n) is 8.75. The molecule has 0 radical (unpaired) electrons. The van der Waals surface area contributed by atoms with Crippen molar-refractivity contribution in [3.63, 3.8) is 0 Å². The minimum absolute atomic E-state index is 0.180. The minimum atomic E-state index is 0.180. The number of hydrogen-bond donors (Lipinski definition) is 1. The van der Waals surface area contributed by atoms with Gasteiger partial charge in [-0.3, -0.25) is 9.59 Å². The first-order valence-corrected chi connectivity index (χ1v) is 8.75. The summed E-state index contributed by atoms with van der Waals surface area (Å²) < 4.78 is 0. The zero-order chi connectivity index (χ0) is 16.1. The van der Waals surface area contributed by atoms with Gasteiger partial charge in [-0.1, -0.05) is 52.4 Å². The van der Waals surface area contributed by atoms with Crippen LogP contribution in [0.1, 0.15) is 91.9 Å². The fourth-order valence-corrected chi connectivity index (χ4v) is 2.33. The number of nitrogens with one attached hydrogen (secondary N) is 1. The lowest BCUT2D eigenvalue weighted by Gasteiger charge is -2.07. The number of rotatable bonds is 13. The van der Waals surface area contributed by atoms with Crippen molar-refractivity contribution in [3.05, 3.63) is 0 Å². The van der Waals surface area contributed by atoms with E-state index in [0.717, 1.165) is 25.7 Å². The normalized spacial score (nSPS) is 11.1. The highest BCUT2D eigenvalue weighted by Crippen LogP contribution is 2.12. The summed E-state index contributed by atoms with van der Waals surface area (Å²) in [5.74, 6) is 0.771. The smallest absolute Gasteiger partial charge is 0.220 e. The molecule has 0 fully saturated rings. The Labute approximate surface area is 131 Å². The van der Waals surface area contributed by atoms with Crippen LogP contribution >= 0.6 is 0 Å². The number of carbonyl (C=O) groups is 2. The molecule has 0 unspecified atom stereocenters. The van der Waals surface area contributed by atoms with E-state index < -0.39 is 0 Å². The molecule has 124 valence electrons. The number of ketones is 1. The summed E-state index contributed by atoms with van der Waals surface area (Å²) in [5, 5.41) is 2.92. The molecule has 3 nitrogen and oxygen atoms in total. The number of carbonyl (C=O) groups excluding carboxylic acids is 2. The summed E-state index contributed by atoms with van der Waals surface area (Å²) in [6, 6.07) is 0.250. The van der Waals surface area contributed by atoms with Crippen LogP contribution in [0.2, 0.25) is 0 Å². The van der Waals surface area contributed by atoms with Gasteiger partial charge in [0, 0.05) is 24.8 Å². The van der Waals surface area contributed by atoms with Gasteiger partial charge in [0.25, 0.3) is 0 Å². The van der Waals surface area contributed by atoms with E-state index in [0.29, 0.717) is 12.2 Å². The van der Waals surface area contributed by atoms with E-state index in [2.05, 4.69) is 5.32 Å². The molecule has 0 aromatic heterocycles. The molecule has 1 N–H and O–H groups in total. The van der Waals surface area contributed by atoms with Crippen molar-refractivity contribution in [2.24, 2.45) is 5.92 Å². The highest BCUT2D eigenvalue weighted by molar-refractivity contribution is 5.80. The van der Waals surface area contributed by atoms with Gasteiger partial charge in [0.2, 0.25) is 5.91 Å². The number of Topliss-reactive ketones (excluding diaryl/α,β-unsaturated/α-hetero) is 1. The summed E-state index contributed by atoms with van der Waals surface area (Å²) in [6.45, 7) is 7.94. The number of unbranched alkanes of at least 4 members (excludes halogenated alkanes) is 7. The van der Waals surface area contributed by atoms with E-state index in [1.54, 1.807) is 0 Å². The maximum atomic E-state index is 11.4. The second kappa shape index (κ2) is 12.8. The SMILES string of the molecule is CC(C)NC(=O)CCCCCCCCCCC(=O)C(C)C. The topological polar surface area (TPSA) is 46.2 Å². The van der Waals surface area contributed by atoms with Crippen molar-refractivity contribution in [1.82, 2.24) is 5.32 Å². The van der Waals surface area contributed by atoms with Crippen LogP contribution in [0, 0.1) is 5.92 Å². The highest BCUT2D eigenvalue weighted by Gasteiger charge is 2.06. The van der Waals surface area contributed by atoms with E-state index in [1.165, 1.54) is 32.1 Å². The third kappa shape index (κ3) is 13.9. The summed E-state index contributed by atoms with van der Waals surface area (Å²) in [5.41, 5.74) is 0. The number of amides is 1. The van der Waals surface area contributed by atoms with Crippen molar-refractivity contribution in [1.29, 1.82) is 0 Å². The Kier molecular flexibility index (Phi) is 12.3. The molecule has 0 aromatic rings. The quantitative estimate of drug-likeness (QED) is 0.503. The van der Waals surface area contributed by atoms with Crippen LogP contribution in [0.3, 0.4) is 0 Å². The fourth-order valence-electron chi connectivity index (χ4n) is 2.33. The molecule has 1 amide bonds. The molecule has 0 aromatic carbocycles. The van der Waals surface area contributed by atoms with Crippen LogP contribution in [0.25, 0.3) is 0 Å². The molecule has 0 atom stereocenters. The zero-order valence-electron chi connectivity index (χ0n) is 14.5. The summed E-state index contributed by atoms with van der Waals surface area (Å²) in [7, 11) is 0. The Hall–Kier alpha value is -0.860. The third-order valence-electron chi connectivity index (χ3n) is 3.67. The Morgan fingerprint density at radius 3 is 1.57 bits per heavy atom. The van der Waals surface area contributed by atoms with Crippen molar-refractivity contribution >= 4 is 11.7 Å². The molecule has 0 rings (SSSR count). The Morgan fingerprint density at radius 1 is 0.714 bits per heavy atom. The highest BCUT2D eigenvalue weighted by atomic mass is 16.1. The molecular weight excluding hydrogens is 262 g/mol. The first-order chi connectivity index (χ1) is 9.93. The predicted molar refractivity (Wildman–Crippen MR) is 89.3 cm³/mol. The van der Waals surface area contributed by atoms with Crippen molar-refractivity contribution in [2.45, 2.75) is 97.9 Å². The molecule has 0 saturated heterocycles. The Bertz CT molecular complexity index is 285. The Balaban J connectivity index is 3.23. The van der Waals surface area contributed by atoms with Gasteiger partial charge in [-0.15, -0.1) is 0 Å². The average molecular weight is 297 g/mol. The van der Waals surface area contributed by atoms with Gasteiger partial charge in [0.05, 0.1) is 0 Å². The fraction of sp³-hybridized carbons (Fsp3) is 0.889. The summed E-state index contributed by atoms with van der Waals surface area (Å²) in [6.07, 6.45) is 10.8. The van der Waals surface area contributed by atoms with E-state index in [4.69, 9.17) is 0 Å². The van der Waals surface area contributed by atoms with E-state index >= 15 is 0 Å². The molecule has 0 bridgehead atoms. The van der Waals surface area contributed by atoms with Gasteiger partial charge in [-0.2, -0.15) is 0 Å². The van der Waals surface area contributed by atoms with Crippen molar-refractivity contribution < 1.29 is 9.59 Å². The lowest BCUT2D eigenvalue weighted by molar-refractivity contribution is -0.122. The summed E-state index contributed by atoms with van der Waals surface area (Å²) >= 11 is 0. The molecular formula is C18H35NO2. The van der Waals surface area contributed by atoms with Crippen molar-refractivity contribution in [2.75, 3.05) is 0 Å². The van der Waals surface area contributed by atoms with Crippen LogP contribution in [-0.4, -0.2) is 17.7 Å². The van der Waals surface area contributed by atoms with Gasteiger partial charge in [0.1, 0.15) is 5.78 Å². The first kappa shape index (κ1) is 20.1. The van der Waals surface area contributed by atoms with E-state index in [-0.39, 0.29) is 17.9 Å². The predicted octanol–water partition coefficient (Wildman–Crippen LogP) is 4.64. The molecule has 0 spiro atoms. The molecule has 3 heteroatoms. The maximum Gasteiger partial charge on any atom is 0.220 e. The van der Waals surface area contributed by atoms with Crippen LogP contribution in [-0.2, 0) is 9.59 Å². The van der Waals surface area contributed by atoms with Gasteiger partial charge in [-0.25, -0.2) is 0 Å². The molecule has 0 aliphatic carbocycles. The second-order valence-electron chi connectivity index (χ2n) is 6.67. The van der Waals surface area contributed by atoms with Crippen LogP contribution < -0.4 is 5.32 Å². The van der Waals surface area contributed by atoms with Crippen LogP contribution in [0.4, 0.5) is 0 Å². The Morgan fingerprint density at radius 2 is 1.14 bits per heavy atom.